The largest absolute Gasteiger partial charge is 0.492 e. The molecule has 0 saturated carbocycles. The fourth-order valence-corrected chi connectivity index (χ4v) is 1.95. The maximum atomic E-state index is 5.68. The molecule has 1 unspecified atom stereocenters. The highest BCUT2D eigenvalue weighted by Crippen LogP contribution is 2.20. The van der Waals surface area contributed by atoms with Crippen molar-refractivity contribution in [2.45, 2.75) is 13.0 Å². The molecule has 0 aliphatic heterocycles. The zero-order chi connectivity index (χ0) is 15.1. The van der Waals surface area contributed by atoms with Crippen LogP contribution in [-0.2, 0) is 0 Å². The molecule has 0 amide bonds. The SMILES string of the molecule is CC(Nc1ccc(OCCN(C)C)cc1)c1ccccn1. The fourth-order valence-electron chi connectivity index (χ4n) is 1.95. The van der Waals surface area contributed by atoms with Crippen molar-refractivity contribution in [2.75, 3.05) is 32.6 Å². The number of nitrogens with zero attached hydrogens (tertiary/aromatic N) is 2. The van der Waals surface area contributed by atoms with Crippen LogP contribution in [0.1, 0.15) is 18.7 Å². The maximum absolute atomic E-state index is 5.68. The molecule has 1 N–H and O–H groups in total. The van der Waals surface area contributed by atoms with Gasteiger partial charge in [-0.05, 0) is 57.4 Å². The van der Waals surface area contributed by atoms with Crippen LogP contribution in [-0.4, -0.2) is 37.1 Å². The van der Waals surface area contributed by atoms with Crippen LogP contribution in [0.15, 0.2) is 48.7 Å². The molecule has 21 heavy (non-hydrogen) atoms. The van der Waals surface area contributed by atoms with E-state index in [4.69, 9.17) is 4.74 Å². The van der Waals surface area contributed by atoms with E-state index in [2.05, 4.69) is 22.1 Å². The van der Waals surface area contributed by atoms with Gasteiger partial charge in [0.1, 0.15) is 12.4 Å². The van der Waals surface area contributed by atoms with E-state index in [-0.39, 0.29) is 6.04 Å². The summed E-state index contributed by atoms with van der Waals surface area (Å²) >= 11 is 0. The van der Waals surface area contributed by atoms with E-state index in [1.54, 1.807) is 0 Å². The molecule has 2 rings (SSSR count). The fraction of sp³-hybridized carbons (Fsp3) is 0.353. The quantitative estimate of drug-likeness (QED) is 0.847. The summed E-state index contributed by atoms with van der Waals surface area (Å²) in [7, 11) is 4.07. The van der Waals surface area contributed by atoms with Crippen LogP contribution in [0.4, 0.5) is 5.69 Å². The second kappa shape index (κ2) is 7.64. The molecule has 4 nitrogen and oxygen atoms in total. The van der Waals surface area contributed by atoms with Crippen molar-refractivity contribution in [1.29, 1.82) is 0 Å². The van der Waals surface area contributed by atoms with E-state index in [0.717, 1.165) is 23.7 Å². The van der Waals surface area contributed by atoms with Gasteiger partial charge in [0.05, 0.1) is 11.7 Å². The van der Waals surface area contributed by atoms with Crippen LogP contribution in [0.2, 0.25) is 0 Å². The number of rotatable bonds is 7. The average molecular weight is 285 g/mol. The number of ether oxygens (including phenoxy) is 1. The number of hydrogen-bond donors (Lipinski definition) is 1. The summed E-state index contributed by atoms with van der Waals surface area (Å²) in [5, 5.41) is 3.43. The summed E-state index contributed by atoms with van der Waals surface area (Å²) in [5.74, 6) is 0.896. The van der Waals surface area contributed by atoms with Crippen LogP contribution >= 0.6 is 0 Å². The molecule has 112 valence electrons. The van der Waals surface area contributed by atoms with E-state index >= 15 is 0 Å². The third-order valence-electron chi connectivity index (χ3n) is 3.18. The summed E-state index contributed by atoms with van der Waals surface area (Å²) in [6.07, 6.45) is 1.81. The molecular weight excluding hydrogens is 262 g/mol. The average Bonchev–Trinajstić information content (AvgIpc) is 2.49. The van der Waals surface area contributed by atoms with Crippen LogP contribution in [0.5, 0.6) is 5.75 Å². The van der Waals surface area contributed by atoms with Crippen LogP contribution in [0, 0.1) is 0 Å². The lowest BCUT2D eigenvalue weighted by Crippen LogP contribution is -2.19. The monoisotopic (exact) mass is 285 g/mol. The van der Waals surface area contributed by atoms with Gasteiger partial charge >= 0.3 is 0 Å². The minimum Gasteiger partial charge on any atom is -0.492 e. The van der Waals surface area contributed by atoms with Gasteiger partial charge in [0.15, 0.2) is 0 Å². The molecule has 0 bridgehead atoms. The molecule has 0 spiro atoms. The van der Waals surface area contributed by atoms with E-state index in [1.165, 1.54) is 0 Å². The van der Waals surface area contributed by atoms with Crippen molar-refractivity contribution in [3.63, 3.8) is 0 Å². The van der Waals surface area contributed by atoms with Gasteiger partial charge in [-0.25, -0.2) is 0 Å². The standard InChI is InChI=1S/C17H23N3O/c1-14(17-6-4-5-11-18-17)19-15-7-9-16(10-8-15)21-13-12-20(2)3/h4-11,14,19H,12-13H2,1-3H3. The predicted octanol–water partition coefficient (Wildman–Crippen LogP) is 3.20. The highest BCUT2D eigenvalue weighted by Gasteiger charge is 2.05. The first kappa shape index (κ1) is 15.3. The molecule has 0 aliphatic carbocycles. The lowest BCUT2D eigenvalue weighted by Gasteiger charge is -2.15. The molecule has 2 aromatic rings. The predicted molar refractivity (Wildman–Crippen MR) is 86.8 cm³/mol. The van der Waals surface area contributed by atoms with E-state index in [9.17, 15) is 0 Å². The number of benzene rings is 1. The van der Waals surface area contributed by atoms with Crippen molar-refractivity contribution < 1.29 is 4.74 Å². The molecule has 1 aromatic carbocycles. The summed E-state index contributed by atoms with van der Waals surface area (Å²) < 4.78 is 5.68. The molecule has 4 heteroatoms. The van der Waals surface area contributed by atoms with Gasteiger partial charge in [0.2, 0.25) is 0 Å². The number of anilines is 1. The minimum absolute atomic E-state index is 0.173. The lowest BCUT2D eigenvalue weighted by atomic mass is 10.2. The highest BCUT2D eigenvalue weighted by atomic mass is 16.5. The summed E-state index contributed by atoms with van der Waals surface area (Å²) in [6.45, 7) is 3.71. The van der Waals surface area contributed by atoms with Crippen LogP contribution in [0.3, 0.4) is 0 Å². The molecule has 0 aliphatic rings. The first-order valence-corrected chi connectivity index (χ1v) is 7.20. The second-order valence-electron chi connectivity index (χ2n) is 5.30. The van der Waals surface area contributed by atoms with Gasteiger partial charge in [-0.15, -0.1) is 0 Å². The Kier molecular flexibility index (Phi) is 5.58. The Morgan fingerprint density at radius 3 is 2.52 bits per heavy atom. The summed E-state index contributed by atoms with van der Waals surface area (Å²) in [4.78, 5) is 6.46. The topological polar surface area (TPSA) is 37.4 Å². The van der Waals surface area contributed by atoms with Gasteiger partial charge in [-0.1, -0.05) is 6.07 Å². The third-order valence-corrected chi connectivity index (χ3v) is 3.18. The number of pyridine rings is 1. The van der Waals surface area contributed by atoms with E-state index in [0.29, 0.717) is 6.61 Å². The molecule has 1 aromatic heterocycles. The molecular formula is C17H23N3O. The Morgan fingerprint density at radius 2 is 1.90 bits per heavy atom. The van der Waals surface area contributed by atoms with E-state index < -0.39 is 0 Å². The van der Waals surface area contributed by atoms with Crippen molar-refractivity contribution in [3.8, 4) is 5.75 Å². The Morgan fingerprint density at radius 1 is 1.14 bits per heavy atom. The smallest absolute Gasteiger partial charge is 0.119 e. The molecule has 1 atom stereocenters. The number of hydrogen-bond acceptors (Lipinski definition) is 4. The van der Waals surface area contributed by atoms with Crippen molar-refractivity contribution in [2.24, 2.45) is 0 Å². The van der Waals surface area contributed by atoms with Gasteiger partial charge in [0, 0.05) is 18.4 Å². The second-order valence-corrected chi connectivity index (χ2v) is 5.30. The van der Waals surface area contributed by atoms with Gasteiger partial charge in [0.25, 0.3) is 0 Å². The first-order valence-electron chi connectivity index (χ1n) is 7.20. The van der Waals surface area contributed by atoms with Crippen LogP contribution < -0.4 is 10.1 Å². The lowest BCUT2D eigenvalue weighted by molar-refractivity contribution is 0.261. The normalized spacial score (nSPS) is 12.2. The number of nitrogens with one attached hydrogen (secondary N) is 1. The zero-order valence-electron chi connectivity index (χ0n) is 12.9. The summed E-state index contributed by atoms with van der Waals surface area (Å²) in [5.41, 5.74) is 2.09. The Hall–Kier alpha value is -2.07. The highest BCUT2D eigenvalue weighted by molar-refractivity contribution is 5.47. The van der Waals surface area contributed by atoms with Crippen molar-refractivity contribution in [1.82, 2.24) is 9.88 Å². The number of aromatic nitrogens is 1. The Labute approximate surface area is 126 Å². The Balaban J connectivity index is 1.87. The van der Waals surface area contributed by atoms with Crippen LogP contribution in [0.25, 0.3) is 0 Å². The van der Waals surface area contributed by atoms with Gasteiger partial charge in [-0.2, -0.15) is 0 Å². The Bertz CT molecular complexity index is 525. The maximum Gasteiger partial charge on any atom is 0.119 e. The van der Waals surface area contributed by atoms with Crippen molar-refractivity contribution in [3.05, 3.63) is 54.4 Å². The molecule has 0 radical (unpaired) electrons. The van der Waals surface area contributed by atoms with Gasteiger partial charge < -0.3 is 15.0 Å². The first-order chi connectivity index (χ1) is 10.1. The minimum atomic E-state index is 0.173. The zero-order valence-corrected chi connectivity index (χ0v) is 12.9. The van der Waals surface area contributed by atoms with E-state index in [1.807, 2.05) is 62.8 Å². The summed E-state index contributed by atoms with van der Waals surface area (Å²) in [6, 6.07) is 14.2. The number of likely N-dealkylation sites (N-methyl/N-ethyl adjacent to an activating group) is 1. The third kappa shape index (κ3) is 5.08. The molecule has 0 fully saturated rings. The van der Waals surface area contributed by atoms with Crippen molar-refractivity contribution >= 4 is 5.69 Å². The van der Waals surface area contributed by atoms with Gasteiger partial charge in [-0.3, -0.25) is 4.98 Å². The molecule has 1 heterocycles. The molecule has 0 saturated heterocycles.